The number of aliphatic hydroxyl groups is 1. The largest absolute Gasteiger partial charge is 0.422 e. The molecule has 2 nitrogen and oxygen atoms in total. The minimum Gasteiger partial charge on any atom is -0.375 e. The number of halogens is 3. The average molecular weight is 261 g/mol. The van der Waals surface area contributed by atoms with Gasteiger partial charge in [-0.05, 0) is 24.0 Å². The monoisotopic (exact) mass is 261 g/mol. The molecular formula is C13H18F3NO. The van der Waals surface area contributed by atoms with Gasteiger partial charge in [-0.25, -0.2) is 0 Å². The Morgan fingerprint density at radius 2 is 1.50 bits per heavy atom. The van der Waals surface area contributed by atoms with Crippen LogP contribution >= 0.6 is 0 Å². The van der Waals surface area contributed by atoms with Crippen LogP contribution in [-0.4, -0.2) is 17.3 Å². The standard InChI is InChI=1S/C13H18F3NO/c1-8(2)10-4-6-11(7-5-10)12(18,9(3)17)13(14,15)16/h4-9,18H,17H2,1-3H3. The van der Waals surface area contributed by atoms with Crippen molar-refractivity contribution in [2.24, 2.45) is 5.73 Å². The summed E-state index contributed by atoms with van der Waals surface area (Å²) in [6.45, 7) is 5.02. The van der Waals surface area contributed by atoms with Gasteiger partial charge < -0.3 is 10.8 Å². The van der Waals surface area contributed by atoms with E-state index in [1.165, 1.54) is 12.1 Å². The third kappa shape index (κ3) is 2.52. The van der Waals surface area contributed by atoms with Gasteiger partial charge in [-0.3, -0.25) is 0 Å². The summed E-state index contributed by atoms with van der Waals surface area (Å²) in [4.78, 5) is 0. The highest BCUT2D eigenvalue weighted by atomic mass is 19.4. The molecule has 0 bridgehead atoms. The summed E-state index contributed by atoms with van der Waals surface area (Å²) in [6, 6.07) is 4.29. The normalized spacial score (nSPS) is 17.6. The maximum absolute atomic E-state index is 13.0. The molecule has 0 heterocycles. The van der Waals surface area contributed by atoms with E-state index >= 15 is 0 Å². The molecule has 3 N–H and O–H groups in total. The van der Waals surface area contributed by atoms with Gasteiger partial charge in [0.25, 0.3) is 0 Å². The lowest BCUT2D eigenvalue weighted by molar-refractivity contribution is -0.272. The van der Waals surface area contributed by atoms with Crippen LogP contribution in [0.3, 0.4) is 0 Å². The number of rotatable bonds is 3. The summed E-state index contributed by atoms with van der Waals surface area (Å²) in [5.41, 5.74) is 2.99. The molecule has 1 aromatic rings. The first-order valence-electron chi connectivity index (χ1n) is 5.75. The molecule has 1 aromatic carbocycles. The Balaban J connectivity index is 3.24. The second kappa shape index (κ2) is 4.90. The molecule has 0 amide bonds. The maximum Gasteiger partial charge on any atom is 0.422 e. The molecule has 0 saturated carbocycles. The van der Waals surface area contributed by atoms with E-state index in [0.717, 1.165) is 12.5 Å². The van der Waals surface area contributed by atoms with Crippen molar-refractivity contribution in [1.82, 2.24) is 0 Å². The van der Waals surface area contributed by atoms with Crippen molar-refractivity contribution >= 4 is 0 Å². The van der Waals surface area contributed by atoms with Gasteiger partial charge >= 0.3 is 6.18 Å². The Morgan fingerprint density at radius 3 is 1.78 bits per heavy atom. The Bertz CT molecular complexity index is 398. The predicted octanol–water partition coefficient (Wildman–Crippen LogP) is 2.91. The highest BCUT2D eigenvalue weighted by Crippen LogP contribution is 2.41. The number of nitrogens with two attached hydrogens (primary N) is 1. The maximum atomic E-state index is 13.0. The van der Waals surface area contributed by atoms with Crippen molar-refractivity contribution < 1.29 is 18.3 Å². The molecule has 2 unspecified atom stereocenters. The van der Waals surface area contributed by atoms with Crippen LogP contribution < -0.4 is 5.73 Å². The van der Waals surface area contributed by atoms with Crippen molar-refractivity contribution in [3.8, 4) is 0 Å². The van der Waals surface area contributed by atoms with Crippen LogP contribution in [0.15, 0.2) is 24.3 Å². The smallest absolute Gasteiger partial charge is 0.375 e. The number of benzene rings is 1. The molecule has 0 aliphatic carbocycles. The van der Waals surface area contributed by atoms with Gasteiger partial charge in [0, 0.05) is 6.04 Å². The van der Waals surface area contributed by atoms with Gasteiger partial charge in [-0.2, -0.15) is 13.2 Å². The van der Waals surface area contributed by atoms with Crippen LogP contribution in [0.1, 0.15) is 37.8 Å². The lowest BCUT2D eigenvalue weighted by atomic mass is 9.86. The number of hydrogen-bond acceptors (Lipinski definition) is 2. The third-order valence-electron chi connectivity index (χ3n) is 3.11. The summed E-state index contributed by atoms with van der Waals surface area (Å²) >= 11 is 0. The van der Waals surface area contributed by atoms with Crippen LogP contribution in [0, 0.1) is 0 Å². The summed E-state index contributed by atoms with van der Waals surface area (Å²) < 4.78 is 38.9. The molecule has 0 aromatic heterocycles. The zero-order chi connectivity index (χ0) is 14.1. The van der Waals surface area contributed by atoms with Gasteiger partial charge in [-0.1, -0.05) is 38.1 Å². The number of alkyl halides is 3. The molecule has 0 aliphatic rings. The van der Waals surface area contributed by atoms with Gasteiger partial charge in [0.15, 0.2) is 0 Å². The average Bonchev–Trinajstić information content (AvgIpc) is 2.26. The van der Waals surface area contributed by atoms with Crippen molar-refractivity contribution in [2.75, 3.05) is 0 Å². The van der Waals surface area contributed by atoms with Crippen molar-refractivity contribution in [2.45, 2.75) is 44.5 Å². The third-order valence-corrected chi connectivity index (χ3v) is 3.11. The first-order chi connectivity index (χ1) is 8.10. The van der Waals surface area contributed by atoms with Gasteiger partial charge in [0.05, 0.1) is 0 Å². The Hall–Kier alpha value is -1.07. The van der Waals surface area contributed by atoms with Crippen LogP contribution in [0.2, 0.25) is 0 Å². The van der Waals surface area contributed by atoms with Crippen LogP contribution in [-0.2, 0) is 5.60 Å². The molecule has 0 aliphatic heterocycles. The minimum absolute atomic E-state index is 0.216. The second-order valence-electron chi connectivity index (χ2n) is 4.83. The van der Waals surface area contributed by atoms with E-state index in [1.54, 1.807) is 12.1 Å². The molecule has 1 rings (SSSR count). The summed E-state index contributed by atoms with van der Waals surface area (Å²) in [7, 11) is 0. The van der Waals surface area contributed by atoms with Crippen LogP contribution in [0.4, 0.5) is 13.2 Å². The Labute approximate surface area is 105 Å². The van der Waals surface area contributed by atoms with Crippen LogP contribution in [0.25, 0.3) is 0 Å². The summed E-state index contributed by atoms with van der Waals surface area (Å²) in [6.07, 6.45) is -4.81. The fourth-order valence-corrected chi connectivity index (χ4v) is 1.81. The minimum atomic E-state index is -4.81. The molecule has 0 spiro atoms. The SMILES string of the molecule is CC(C)c1ccc(C(O)(C(C)N)C(F)(F)F)cc1. The second-order valence-corrected chi connectivity index (χ2v) is 4.83. The molecule has 5 heteroatoms. The van der Waals surface area contributed by atoms with Crippen molar-refractivity contribution in [3.63, 3.8) is 0 Å². The van der Waals surface area contributed by atoms with Crippen LogP contribution in [0.5, 0.6) is 0 Å². The zero-order valence-corrected chi connectivity index (χ0v) is 10.6. The molecule has 0 fully saturated rings. The lowest BCUT2D eigenvalue weighted by Crippen LogP contribution is -2.54. The highest BCUT2D eigenvalue weighted by molar-refractivity contribution is 5.31. The van der Waals surface area contributed by atoms with E-state index in [1.807, 2.05) is 13.8 Å². The van der Waals surface area contributed by atoms with Crippen molar-refractivity contribution in [3.05, 3.63) is 35.4 Å². The molecule has 0 radical (unpaired) electrons. The van der Waals surface area contributed by atoms with Gasteiger partial charge in [0.2, 0.25) is 5.60 Å². The highest BCUT2D eigenvalue weighted by Gasteiger charge is 2.57. The molecule has 0 saturated heterocycles. The zero-order valence-electron chi connectivity index (χ0n) is 10.6. The molecule has 2 atom stereocenters. The first-order valence-corrected chi connectivity index (χ1v) is 5.75. The molecular weight excluding hydrogens is 243 g/mol. The molecule has 102 valence electrons. The quantitative estimate of drug-likeness (QED) is 0.878. The topological polar surface area (TPSA) is 46.2 Å². The Kier molecular flexibility index (Phi) is 4.08. The van der Waals surface area contributed by atoms with E-state index in [-0.39, 0.29) is 11.5 Å². The van der Waals surface area contributed by atoms with E-state index < -0.39 is 17.8 Å². The fourth-order valence-electron chi connectivity index (χ4n) is 1.81. The first kappa shape index (κ1) is 15.0. The summed E-state index contributed by atoms with van der Waals surface area (Å²) in [5.74, 6) is 0.216. The lowest BCUT2D eigenvalue weighted by Gasteiger charge is -2.34. The van der Waals surface area contributed by atoms with E-state index in [0.29, 0.717) is 0 Å². The van der Waals surface area contributed by atoms with E-state index in [2.05, 4.69) is 0 Å². The predicted molar refractivity (Wildman–Crippen MR) is 64.1 cm³/mol. The fraction of sp³-hybridized carbons (Fsp3) is 0.538. The van der Waals surface area contributed by atoms with Gasteiger partial charge in [0.1, 0.15) is 0 Å². The van der Waals surface area contributed by atoms with E-state index in [4.69, 9.17) is 5.73 Å². The molecule has 18 heavy (non-hydrogen) atoms. The summed E-state index contributed by atoms with van der Waals surface area (Å²) in [5, 5.41) is 9.88. The van der Waals surface area contributed by atoms with Crippen molar-refractivity contribution in [1.29, 1.82) is 0 Å². The Morgan fingerprint density at radius 1 is 1.06 bits per heavy atom. The number of hydrogen-bond donors (Lipinski definition) is 2. The van der Waals surface area contributed by atoms with Gasteiger partial charge in [-0.15, -0.1) is 0 Å². The van der Waals surface area contributed by atoms with E-state index in [9.17, 15) is 18.3 Å².